The first-order chi connectivity index (χ1) is 10.5. The van der Waals surface area contributed by atoms with Gasteiger partial charge in [0.1, 0.15) is 5.82 Å². The van der Waals surface area contributed by atoms with Crippen molar-refractivity contribution in [1.29, 1.82) is 0 Å². The lowest BCUT2D eigenvalue weighted by atomic mass is 10.2. The summed E-state index contributed by atoms with van der Waals surface area (Å²) >= 11 is 0. The van der Waals surface area contributed by atoms with Crippen LogP contribution in [0.2, 0.25) is 0 Å². The summed E-state index contributed by atoms with van der Waals surface area (Å²) in [4.78, 5) is 29.8. The zero-order chi connectivity index (χ0) is 16.1. The van der Waals surface area contributed by atoms with E-state index in [1.165, 1.54) is 0 Å². The average molecular weight is 298 g/mol. The van der Waals surface area contributed by atoms with E-state index in [2.05, 4.69) is 15.6 Å². The number of hydrogen-bond donors (Lipinski definition) is 2. The van der Waals surface area contributed by atoms with Crippen LogP contribution in [-0.2, 0) is 9.59 Å². The van der Waals surface area contributed by atoms with E-state index in [0.29, 0.717) is 11.5 Å². The molecule has 6 nitrogen and oxygen atoms in total. The van der Waals surface area contributed by atoms with Crippen molar-refractivity contribution in [1.82, 2.24) is 4.98 Å². The van der Waals surface area contributed by atoms with Gasteiger partial charge in [-0.25, -0.2) is 4.98 Å². The van der Waals surface area contributed by atoms with Crippen molar-refractivity contribution < 1.29 is 9.59 Å². The highest BCUT2D eigenvalue weighted by atomic mass is 16.2. The fourth-order valence-corrected chi connectivity index (χ4v) is 1.83. The summed E-state index contributed by atoms with van der Waals surface area (Å²) < 4.78 is 0. The third-order valence-corrected chi connectivity index (χ3v) is 3.07. The highest BCUT2D eigenvalue weighted by molar-refractivity contribution is 6.43. The quantitative estimate of drug-likeness (QED) is 0.850. The SMILES string of the molecule is Cc1cccnc1NC(=O)C(=O)Nc1cccc(N(C)C)c1. The predicted octanol–water partition coefficient (Wildman–Crippen LogP) is 2.03. The molecule has 0 saturated heterocycles. The molecule has 1 heterocycles. The van der Waals surface area contributed by atoms with Gasteiger partial charge < -0.3 is 15.5 Å². The van der Waals surface area contributed by atoms with Gasteiger partial charge in [-0.1, -0.05) is 12.1 Å². The molecule has 0 radical (unpaired) electrons. The molecule has 6 heteroatoms. The number of carbonyl (C=O) groups is 2. The monoisotopic (exact) mass is 298 g/mol. The summed E-state index contributed by atoms with van der Waals surface area (Å²) in [5, 5.41) is 5.07. The summed E-state index contributed by atoms with van der Waals surface area (Å²) in [6.45, 7) is 1.81. The van der Waals surface area contributed by atoms with Crippen LogP contribution in [0.1, 0.15) is 5.56 Å². The van der Waals surface area contributed by atoms with Crippen LogP contribution in [0.3, 0.4) is 0 Å². The van der Waals surface area contributed by atoms with Crippen molar-refractivity contribution >= 4 is 29.0 Å². The molecule has 2 N–H and O–H groups in total. The highest BCUT2D eigenvalue weighted by Gasteiger charge is 2.15. The average Bonchev–Trinajstić information content (AvgIpc) is 2.49. The van der Waals surface area contributed by atoms with E-state index in [-0.39, 0.29) is 0 Å². The maximum absolute atomic E-state index is 11.9. The van der Waals surface area contributed by atoms with Gasteiger partial charge in [0.25, 0.3) is 0 Å². The first kappa shape index (κ1) is 15.5. The highest BCUT2D eigenvalue weighted by Crippen LogP contribution is 2.17. The molecule has 0 unspecified atom stereocenters. The van der Waals surface area contributed by atoms with Gasteiger partial charge in [0.2, 0.25) is 0 Å². The Kier molecular flexibility index (Phi) is 4.73. The number of carbonyl (C=O) groups excluding carboxylic acids is 2. The molecule has 0 spiro atoms. The van der Waals surface area contributed by atoms with E-state index in [4.69, 9.17) is 0 Å². The Morgan fingerprint density at radius 1 is 1.05 bits per heavy atom. The molecular formula is C16H18N4O2. The Labute approximate surface area is 129 Å². The number of aromatic nitrogens is 1. The van der Waals surface area contributed by atoms with E-state index >= 15 is 0 Å². The second-order valence-corrected chi connectivity index (χ2v) is 5.02. The van der Waals surface area contributed by atoms with Crippen LogP contribution in [0.25, 0.3) is 0 Å². The topological polar surface area (TPSA) is 74.3 Å². The molecule has 0 saturated carbocycles. The summed E-state index contributed by atoms with van der Waals surface area (Å²) in [5.41, 5.74) is 2.28. The van der Waals surface area contributed by atoms with Crippen LogP contribution in [0, 0.1) is 6.92 Å². The lowest BCUT2D eigenvalue weighted by Crippen LogP contribution is -2.29. The zero-order valence-corrected chi connectivity index (χ0v) is 12.8. The molecule has 0 aliphatic carbocycles. The van der Waals surface area contributed by atoms with Crippen LogP contribution >= 0.6 is 0 Å². The fraction of sp³-hybridized carbons (Fsp3) is 0.188. The molecule has 0 bridgehead atoms. The van der Waals surface area contributed by atoms with Gasteiger partial charge in [-0.3, -0.25) is 9.59 Å². The number of amides is 2. The second kappa shape index (κ2) is 6.71. The molecule has 0 aliphatic rings. The number of anilines is 3. The predicted molar refractivity (Wildman–Crippen MR) is 87.0 cm³/mol. The number of nitrogens with zero attached hydrogens (tertiary/aromatic N) is 2. The van der Waals surface area contributed by atoms with Gasteiger partial charge in [0, 0.05) is 31.7 Å². The summed E-state index contributed by atoms with van der Waals surface area (Å²) in [7, 11) is 3.80. The van der Waals surface area contributed by atoms with Gasteiger partial charge in [0.05, 0.1) is 0 Å². The minimum absolute atomic E-state index is 0.379. The molecule has 1 aromatic heterocycles. The standard InChI is InChI=1S/C16H18N4O2/c1-11-6-5-9-17-14(11)19-16(22)15(21)18-12-7-4-8-13(10-12)20(2)3/h4-10H,1-3H3,(H,18,21)(H,17,19,22). The summed E-state index contributed by atoms with van der Waals surface area (Å²) in [5.74, 6) is -1.11. The maximum atomic E-state index is 11.9. The molecule has 0 atom stereocenters. The molecule has 2 aromatic rings. The van der Waals surface area contributed by atoms with E-state index in [9.17, 15) is 9.59 Å². The number of rotatable bonds is 3. The van der Waals surface area contributed by atoms with Gasteiger partial charge in [-0.05, 0) is 36.8 Å². The van der Waals surface area contributed by atoms with Gasteiger partial charge in [-0.2, -0.15) is 0 Å². The molecule has 2 amide bonds. The summed E-state index contributed by atoms with van der Waals surface area (Å²) in [6, 6.07) is 10.8. The Bertz CT molecular complexity index is 698. The van der Waals surface area contributed by atoms with E-state index in [1.54, 1.807) is 37.4 Å². The molecule has 0 fully saturated rings. The number of hydrogen-bond acceptors (Lipinski definition) is 4. The Balaban J connectivity index is 2.04. The zero-order valence-electron chi connectivity index (χ0n) is 12.8. The lowest BCUT2D eigenvalue weighted by molar-refractivity contribution is -0.133. The second-order valence-electron chi connectivity index (χ2n) is 5.02. The van der Waals surface area contributed by atoms with E-state index < -0.39 is 11.8 Å². The summed E-state index contributed by atoms with van der Waals surface area (Å²) in [6.07, 6.45) is 1.56. The first-order valence-corrected chi connectivity index (χ1v) is 6.78. The minimum atomic E-state index is -0.753. The Morgan fingerprint density at radius 3 is 2.45 bits per heavy atom. The van der Waals surface area contributed by atoms with Crippen molar-refractivity contribution in [2.75, 3.05) is 29.6 Å². The Hall–Kier alpha value is -2.89. The minimum Gasteiger partial charge on any atom is -0.378 e. The van der Waals surface area contributed by atoms with Crippen LogP contribution < -0.4 is 15.5 Å². The van der Waals surface area contributed by atoms with Crippen LogP contribution in [0.15, 0.2) is 42.6 Å². The first-order valence-electron chi connectivity index (χ1n) is 6.78. The fourth-order valence-electron chi connectivity index (χ4n) is 1.83. The number of pyridine rings is 1. The molecule has 22 heavy (non-hydrogen) atoms. The van der Waals surface area contributed by atoms with Crippen LogP contribution in [-0.4, -0.2) is 30.9 Å². The van der Waals surface area contributed by atoms with Crippen molar-refractivity contribution in [2.45, 2.75) is 6.92 Å². The third-order valence-electron chi connectivity index (χ3n) is 3.07. The molecule has 0 aliphatic heterocycles. The van der Waals surface area contributed by atoms with Gasteiger partial charge in [0.15, 0.2) is 0 Å². The van der Waals surface area contributed by atoms with E-state index in [0.717, 1.165) is 11.3 Å². The van der Waals surface area contributed by atoms with Crippen molar-refractivity contribution in [3.63, 3.8) is 0 Å². The van der Waals surface area contributed by atoms with Crippen molar-refractivity contribution in [3.05, 3.63) is 48.2 Å². The van der Waals surface area contributed by atoms with Crippen molar-refractivity contribution in [3.8, 4) is 0 Å². The maximum Gasteiger partial charge on any atom is 0.315 e. The normalized spacial score (nSPS) is 9.95. The van der Waals surface area contributed by atoms with E-state index in [1.807, 2.05) is 31.1 Å². The van der Waals surface area contributed by atoms with Gasteiger partial charge in [-0.15, -0.1) is 0 Å². The lowest BCUT2D eigenvalue weighted by Gasteiger charge is -2.14. The van der Waals surface area contributed by atoms with Crippen LogP contribution in [0.5, 0.6) is 0 Å². The number of aryl methyl sites for hydroxylation is 1. The Morgan fingerprint density at radius 2 is 1.77 bits per heavy atom. The smallest absolute Gasteiger partial charge is 0.315 e. The number of nitrogens with one attached hydrogen (secondary N) is 2. The molecule has 1 aromatic carbocycles. The molecular weight excluding hydrogens is 280 g/mol. The number of benzene rings is 1. The van der Waals surface area contributed by atoms with Crippen molar-refractivity contribution in [2.24, 2.45) is 0 Å². The van der Waals surface area contributed by atoms with Crippen LogP contribution in [0.4, 0.5) is 17.2 Å². The third kappa shape index (κ3) is 3.82. The molecule has 114 valence electrons. The van der Waals surface area contributed by atoms with Gasteiger partial charge >= 0.3 is 11.8 Å². The largest absolute Gasteiger partial charge is 0.378 e. The molecule has 2 rings (SSSR count).